The summed E-state index contributed by atoms with van der Waals surface area (Å²) in [4.78, 5) is 17.8. The summed E-state index contributed by atoms with van der Waals surface area (Å²) in [5, 5.41) is 2.88. The summed E-state index contributed by atoms with van der Waals surface area (Å²) < 4.78 is 0. The number of carbonyl (C=O) groups is 1. The van der Waals surface area contributed by atoms with E-state index < -0.39 is 0 Å². The predicted molar refractivity (Wildman–Crippen MR) is 84.0 cm³/mol. The number of rotatable bonds is 4. The SMILES string of the molecule is CC(C)c1ccc(-c2csc(CC(=O)N(C)C)n2)cc1. The van der Waals surface area contributed by atoms with Crippen LogP contribution < -0.4 is 0 Å². The van der Waals surface area contributed by atoms with Crippen LogP contribution in [0.3, 0.4) is 0 Å². The summed E-state index contributed by atoms with van der Waals surface area (Å²) in [6.45, 7) is 4.37. The molecule has 3 nitrogen and oxygen atoms in total. The van der Waals surface area contributed by atoms with Crippen molar-refractivity contribution >= 4 is 17.2 Å². The molecule has 0 atom stereocenters. The van der Waals surface area contributed by atoms with Crippen molar-refractivity contribution in [2.24, 2.45) is 0 Å². The number of hydrogen-bond acceptors (Lipinski definition) is 3. The van der Waals surface area contributed by atoms with Gasteiger partial charge in [0.2, 0.25) is 5.91 Å². The fourth-order valence-corrected chi connectivity index (χ4v) is 2.65. The summed E-state index contributed by atoms with van der Waals surface area (Å²) in [5.41, 5.74) is 3.38. The lowest BCUT2D eigenvalue weighted by atomic mass is 10.0. The third-order valence-corrected chi connectivity index (χ3v) is 4.07. The molecule has 0 bridgehead atoms. The zero-order chi connectivity index (χ0) is 14.7. The Labute approximate surface area is 124 Å². The van der Waals surface area contributed by atoms with Gasteiger partial charge in [-0.05, 0) is 11.5 Å². The van der Waals surface area contributed by atoms with Gasteiger partial charge in [-0.25, -0.2) is 4.98 Å². The highest BCUT2D eigenvalue weighted by molar-refractivity contribution is 7.10. The van der Waals surface area contributed by atoms with E-state index in [1.165, 1.54) is 5.56 Å². The van der Waals surface area contributed by atoms with Crippen molar-refractivity contribution in [2.75, 3.05) is 14.1 Å². The average molecular weight is 288 g/mol. The second kappa shape index (κ2) is 6.18. The van der Waals surface area contributed by atoms with E-state index in [0.29, 0.717) is 12.3 Å². The van der Waals surface area contributed by atoms with E-state index in [9.17, 15) is 4.79 Å². The molecule has 4 heteroatoms. The monoisotopic (exact) mass is 288 g/mol. The molecule has 0 aliphatic heterocycles. The lowest BCUT2D eigenvalue weighted by Crippen LogP contribution is -2.23. The quantitative estimate of drug-likeness (QED) is 0.862. The molecular formula is C16H20N2OS. The van der Waals surface area contributed by atoms with Crippen LogP contribution in [0.15, 0.2) is 29.6 Å². The van der Waals surface area contributed by atoms with Crippen LogP contribution in [0.2, 0.25) is 0 Å². The minimum atomic E-state index is 0.0843. The van der Waals surface area contributed by atoms with Crippen LogP contribution >= 0.6 is 11.3 Å². The molecule has 2 aromatic rings. The Bertz CT molecular complexity index is 585. The van der Waals surface area contributed by atoms with E-state index in [-0.39, 0.29) is 5.91 Å². The van der Waals surface area contributed by atoms with E-state index in [4.69, 9.17) is 0 Å². The summed E-state index contributed by atoms with van der Waals surface area (Å²) in [6.07, 6.45) is 0.377. The first kappa shape index (κ1) is 14.7. The van der Waals surface area contributed by atoms with Gasteiger partial charge in [0.25, 0.3) is 0 Å². The van der Waals surface area contributed by atoms with Crippen molar-refractivity contribution in [2.45, 2.75) is 26.2 Å². The number of nitrogens with zero attached hydrogens (tertiary/aromatic N) is 2. The van der Waals surface area contributed by atoms with Crippen molar-refractivity contribution in [1.82, 2.24) is 9.88 Å². The van der Waals surface area contributed by atoms with Gasteiger partial charge in [-0.15, -0.1) is 11.3 Å². The Morgan fingerprint density at radius 2 is 1.90 bits per heavy atom. The molecule has 1 heterocycles. The van der Waals surface area contributed by atoms with Gasteiger partial charge in [0, 0.05) is 25.0 Å². The third kappa shape index (κ3) is 3.45. The van der Waals surface area contributed by atoms with Crippen LogP contribution in [0.1, 0.15) is 30.3 Å². The number of carbonyl (C=O) groups excluding carboxylic acids is 1. The van der Waals surface area contributed by atoms with Crippen molar-refractivity contribution in [3.63, 3.8) is 0 Å². The molecule has 1 amide bonds. The first-order valence-corrected chi connectivity index (χ1v) is 7.60. The highest BCUT2D eigenvalue weighted by atomic mass is 32.1. The van der Waals surface area contributed by atoms with Crippen molar-refractivity contribution in [1.29, 1.82) is 0 Å². The van der Waals surface area contributed by atoms with E-state index in [1.807, 2.05) is 5.38 Å². The summed E-state index contributed by atoms with van der Waals surface area (Å²) in [5.74, 6) is 0.619. The second-order valence-corrected chi connectivity index (χ2v) is 6.31. The first-order chi connectivity index (χ1) is 9.47. The van der Waals surface area contributed by atoms with Crippen LogP contribution in [0.4, 0.5) is 0 Å². The molecule has 0 fully saturated rings. The van der Waals surface area contributed by atoms with E-state index >= 15 is 0 Å². The lowest BCUT2D eigenvalue weighted by molar-refractivity contribution is -0.127. The first-order valence-electron chi connectivity index (χ1n) is 6.72. The smallest absolute Gasteiger partial charge is 0.228 e. The molecule has 0 saturated carbocycles. The predicted octanol–water partition coefficient (Wildman–Crippen LogP) is 3.56. The lowest BCUT2D eigenvalue weighted by Gasteiger charge is -2.07. The zero-order valence-corrected chi connectivity index (χ0v) is 13.2. The molecule has 0 saturated heterocycles. The van der Waals surface area contributed by atoms with Crippen LogP contribution in [0, 0.1) is 0 Å². The Hall–Kier alpha value is -1.68. The standard InChI is InChI=1S/C16H20N2OS/c1-11(2)12-5-7-13(8-6-12)14-10-20-15(17-14)9-16(19)18(3)4/h5-8,10-11H,9H2,1-4H3. The van der Waals surface area contributed by atoms with Gasteiger partial charge in [-0.2, -0.15) is 0 Å². The topological polar surface area (TPSA) is 33.2 Å². The van der Waals surface area contributed by atoms with Gasteiger partial charge < -0.3 is 4.90 Å². The number of aromatic nitrogens is 1. The maximum absolute atomic E-state index is 11.7. The normalized spacial score (nSPS) is 10.8. The molecule has 106 valence electrons. The minimum absolute atomic E-state index is 0.0843. The van der Waals surface area contributed by atoms with Gasteiger partial charge in [0.1, 0.15) is 5.01 Å². The van der Waals surface area contributed by atoms with Crippen LogP contribution in [0.25, 0.3) is 11.3 Å². The molecule has 20 heavy (non-hydrogen) atoms. The largest absolute Gasteiger partial charge is 0.348 e. The maximum Gasteiger partial charge on any atom is 0.228 e. The zero-order valence-electron chi connectivity index (χ0n) is 12.4. The van der Waals surface area contributed by atoms with Gasteiger partial charge in [0.15, 0.2) is 0 Å². The number of likely N-dealkylation sites (N-methyl/N-ethyl adjacent to an activating group) is 1. The van der Waals surface area contributed by atoms with Gasteiger partial charge in [-0.3, -0.25) is 4.79 Å². The molecule has 0 aliphatic carbocycles. The summed E-state index contributed by atoms with van der Waals surface area (Å²) >= 11 is 1.54. The molecule has 0 unspecified atom stereocenters. The van der Waals surface area contributed by atoms with Crippen molar-refractivity contribution < 1.29 is 4.79 Å². The van der Waals surface area contributed by atoms with Gasteiger partial charge in [-0.1, -0.05) is 38.1 Å². The number of thiazole rings is 1. The Balaban J connectivity index is 2.14. The Morgan fingerprint density at radius 3 is 2.45 bits per heavy atom. The van der Waals surface area contributed by atoms with Crippen LogP contribution in [-0.2, 0) is 11.2 Å². The number of hydrogen-bond donors (Lipinski definition) is 0. The van der Waals surface area contributed by atoms with E-state index in [1.54, 1.807) is 30.3 Å². The fourth-order valence-electron chi connectivity index (χ4n) is 1.85. The Kier molecular flexibility index (Phi) is 4.55. The van der Waals surface area contributed by atoms with Gasteiger partial charge in [0.05, 0.1) is 12.1 Å². The molecule has 1 aromatic carbocycles. The van der Waals surface area contributed by atoms with Crippen molar-refractivity contribution in [3.05, 3.63) is 40.2 Å². The molecule has 0 spiro atoms. The maximum atomic E-state index is 11.7. The molecule has 1 aromatic heterocycles. The summed E-state index contributed by atoms with van der Waals surface area (Å²) in [6, 6.07) is 8.48. The number of benzene rings is 1. The van der Waals surface area contributed by atoms with Gasteiger partial charge >= 0.3 is 0 Å². The average Bonchev–Trinajstić information content (AvgIpc) is 2.87. The highest BCUT2D eigenvalue weighted by Gasteiger charge is 2.10. The van der Waals surface area contributed by atoms with E-state index in [2.05, 4.69) is 43.1 Å². The van der Waals surface area contributed by atoms with Crippen molar-refractivity contribution in [3.8, 4) is 11.3 Å². The Morgan fingerprint density at radius 1 is 1.25 bits per heavy atom. The highest BCUT2D eigenvalue weighted by Crippen LogP contribution is 2.24. The molecule has 2 rings (SSSR count). The fraction of sp³-hybridized carbons (Fsp3) is 0.375. The molecular weight excluding hydrogens is 268 g/mol. The minimum Gasteiger partial charge on any atom is -0.348 e. The number of amides is 1. The van der Waals surface area contributed by atoms with E-state index in [0.717, 1.165) is 16.3 Å². The molecule has 0 N–H and O–H groups in total. The van der Waals surface area contributed by atoms with Crippen LogP contribution in [0.5, 0.6) is 0 Å². The molecule has 0 radical (unpaired) electrons. The third-order valence-electron chi connectivity index (χ3n) is 3.23. The second-order valence-electron chi connectivity index (χ2n) is 5.37. The molecule has 0 aliphatic rings. The van der Waals surface area contributed by atoms with Crippen LogP contribution in [-0.4, -0.2) is 29.9 Å². The summed E-state index contributed by atoms with van der Waals surface area (Å²) in [7, 11) is 3.53.